The van der Waals surface area contributed by atoms with Gasteiger partial charge in [-0.25, -0.2) is 9.97 Å². The number of hydrogen-bond donors (Lipinski definition) is 3. The van der Waals surface area contributed by atoms with Crippen LogP contribution in [0.5, 0.6) is 0 Å². The third-order valence-corrected chi connectivity index (χ3v) is 12.9. The third kappa shape index (κ3) is 14.0. The number of nitrogens with one attached hydrogen (secondary N) is 1. The molecular weight excluding hydrogens is 820 g/mol. The lowest BCUT2D eigenvalue weighted by Gasteiger charge is -2.17. The highest BCUT2D eigenvalue weighted by Gasteiger charge is 2.27. The molecule has 0 amide bonds. The van der Waals surface area contributed by atoms with Gasteiger partial charge in [0.2, 0.25) is 0 Å². The summed E-state index contributed by atoms with van der Waals surface area (Å²) in [6.07, 6.45) is 5.32. The van der Waals surface area contributed by atoms with Gasteiger partial charge in [0.1, 0.15) is 0 Å². The Kier molecular flexibility index (Phi) is 18.6. The van der Waals surface area contributed by atoms with E-state index in [1.807, 2.05) is 59.5 Å². The van der Waals surface area contributed by atoms with Gasteiger partial charge in [-0.15, -0.1) is 63.0 Å². The number of amidine groups is 1. The largest absolute Gasteiger partial charge is 0.400 e. The maximum atomic E-state index is 7.46. The molecule has 4 aromatic carbocycles. The first-order chi connectivity index (χ1) is 25.6. The zero-order valence-electron chi connectivity index (χ0n) is 29.6. The summed E-state index contributed by atoms with van der Waals surface area (Å²) in [6.45, 7) is 0. The second-order valence-corrected chi connectivity index (χ2v) is 16.5. The van der Waals surface area contributed by atoms with E-state index in [0.717, 1.165) is 30.4 Å². The van der Waals surface area contributed by atoms with Crippen molar-refractivity contribution in [2.24, 2.45) is 5.73 Å². The molecule has 0 radical (unpaired) electrons. The van der Waals surface area contributed by atoms with E-state index in [4.69, 9.17) is 32.8 Å². The van der Waals surface area contributed by atoms with Crippen LogP contribution >= 0.6 is 74.8 Å². The van der Waals surface area contributed by atoms with Gasteiger partial charge in [0, 0.05) is 35.5 Å². The quantitative estimate of drug-likeness (QED) is 0.0682. The Labute approximate surface area is 346 Å². The lowest BCUT2D eigenvalue weighted by Crippen LogP contribution is -2.08. The summed E-state index contributed by atoms with van der Waals surface area (Å²) >= 11 is 12.5. The van der Waals surface area contributed by atoms with Crippen molar-refractivity contribution < 1.29 is 5.11 Å². The number of halogens is 2. The van der Waals surface area contributed by atoms with Crippen LogP contribution in [0.3, 0.4) is 0 Å². The molecule has 0 bridgehead atoms. The molecule has 2 aliphatic carbocycles. The highest BCUT2D eigenvalue weighted by Crippen LogP contribution is 2.43. The summed E-state index contributed by atoms with van der Waals surface area (Å²) in [5.41, 5.74) is 12.8. The van der Waals surface area contributed by atoms with Gasteiger partial charge >= 0.3 is 0 Å². The summed E-state index contributed by atoms with van der Waals surface area (Å²) in [5, 5.41) is 22.0. The second kappa shape index (κ2) is 23.1. The summed E-state index contributed by atoms with van der Waals surface area (Å²) in [7, 11) is 1.00. The Morgan fingerprint density at radius 3 is 1.38 bits per heavy atom. The number of rotatable bonds is 11. The maximum Gasteiger partial charge on any atom is 0.151 e. The van der Waals surface area contributed by atoms with Crippen LogP contribution in [0.4, 0.5) is 0 Å². The summed E-state index contributed by atoms with van der Waals surface area (Å²) in [5.74, 6) is 3.07. The van der Waals surface area contributed by atoms with E-state index in [1.165, 1.54) is 75.4 Å². The number of benzene rings is 4. The molecule has 2 fully saturated rings. The normalized spacial score (nSPS) is 13.0. The predicted octanol–water partition coefficient (Wildman–Crippen LogP) is 12.4. The topological polar surface area (TPSA) is 95.9 Å². The molecule has 2 aromatic heterocycles. The SMILES string of the molecule is Br.CO.ClCc1csc(C2CC2)n1.N=C(N)SC(c1ccccc1)c1ccccc1.c1ccc(C(SCc2csc(C3CC3)n2)c2ccccc2)cc1. The van der Waals surface area contributed by atoms with Crippen molar-refractivity contribution in [2.45, 2.75) is 59.7 Å². The van der Waals surface area contributed by atoms with Crippen molar-refractivity contribution in [1.82, 2.24) is 9.97 Å². The second-order valence-electron chi connectivity index (χ2n) is 12.2. The van der Waals surface area contributed by atoms with Gasteiger partial charge in [0.15, 0.2) is 5.17 Å². The van der Waals surface area contributed by atoms with Gasteiger partial charge in [0.05, 0.1) is 37.8 Å². The van der Waals surface area contributed by atoms with E-state index in [2.05, 4.69) is 101 Å². The zero-order valence-corrected chi connectivity index (χ0v) is 35.3. The maximum absolute atomic E-state index is 7.46. The molecule has 2 heterocycles. The minimum Gasteiger partial charge on any atom is -0.400 e. The number of alkyl halides is 1. The van der Waals surface area contributed by atoms with Gasteiger partial charge in [-0.2, -0.15) is 0 Å². The lowest BCUT2D eigenvalue weighted by molar-refractivity contribution is 0.399. The summed E-state index contributed by atoms with van der Waals surface area (Å²) < 4.78 is 0. The Balaban J connectivity index is 0.000000184. The van der Waals surface area contributed by atoms with E-state index in [-0.39, 0.29) is 27.4 Å². The zero-order chi connectivity index (χ0) is 36.5. The predicted molar refractivity (Wildman–Crippen MR) is 236 cm³/mol. The molecule has 278 valence electrons. The van der Waals surface area contributed by atoms with E-state index >= 15 is 0 Å². The molecule has 53 heavy (non-hydrogen) atoms. The molecule has 5 nitrogen and oxygen atoms in total. The number of thiazole rings is 2. The number of nitrogens with two attached hydrogens (primary N) is 1. The van der Waals surface area contributed by atoms with Crippen LogP contribution in [0, 0.1) is 5.41 Å². The smallest absolute Gasteiger partial charge is 0.151 e. The molecule has 8 rings (SSSR count). The van der Waals surface area contributed by atoms with Crippen LogP contribution in [-0.2, 0) is 11.6 Å². The monoisotopic (exact) mass is 864 g/mol. The molecule has 6 aromatic rings. The lowest BCUT2D eigenvalue weighted by atomic mass is 10.0. The van der Waals surface area contributed by atoms with E-state index in [1.54, 1.807) is 11.3 Å². The molecule has 0 aliphatic heterocycles. The number of aliphatic hydroxyl groups excluding tert-OH is 1. The molecule has 4 N–H and O–H groups in total. The third-order valence-electron chi connectivity index (χ3n) is 8.18. The van der Waals surface area contributed by atoms with Gasteiger partial charge in [0.25, 0.3) is 0 Å². The average molecular weight is 866 g/mol. The number of aromatic nitrogens is 2. The minimum atomic E-state index is 0. The van der Waals surface area contributed by atoms with E-state index in [9.17, 15) is 0 Å². The van der Waals surface area contributed by atoms with Crippen LogP contribution in [0.2, 0.25) is 0 Å². The molecule has 2 saturated carbocycles. The van der Waals surface area contributed by atoms with Gasteiger partial charge in [-0.1, -0.05) is 133 Å². The van der Waals surface area contributed by atoms with Gasteiger partial charge in [-0.3, -0.25) is 5.41 Å². The molecule has 0 spiro atoms. The van der Waals surface area contributed by atoms with Crippen molar-refractivity contribution in [3.8, 4) is 0 Å². The number of aliphatic hydroxyl groups is 1. The van der Waals surface area contributed by atoms with Crippen molar-refractivity contribution in [3.63, 3.8) is 0 Å². The number of nitrogens with zero attached hydrogens (tertiary/aromatic N) is 2. The molecule has 0 atom stereocenters. The van der Waals surface area contributed by atoms with Crippen molar-refractivity contribution >= 4 is 79.9 Å². The van der Waals surface area contributed by atoms with Crippen LogP contribution < -0.4 is 5.73 Å². The fraction of sp³-hybridized carbons (Fsp3) is 0.262. The fourth-order valence-corrected chi connectivity index (χ4v) is 9.67. The summed E-state index contributed by atoms with van der Waals surface area (Å²) in [6, 6.07) is 41.8. The van der Waals surface area contributed by atoms with Crippen molar-refractivity contribution in [3.05, 3.63) is 176 Å². The van der Waals surface area contributed by atoms with Crippen molar-refractivity contribution in [1.29, 1.82) is 5.41 Å². The van der Waals surface area contributed by atoms with E-state index < -0.39 is 0 Å². The first-order valence-corrected chi connectivity index (χ1v) is 21.5. The summed E-state index contributed by atoms with van der Waals surface area (Å²) in [4.78, 5) is 9.21. The number of hydrogen-bond acceptors (Lipinski definition) is 8. The standard InChI is InChI=1S/C20H19NS2.C14H14N2S.C7H8ClNS.CH4O.BrH/c1-3-7-15(8-4-1)19(16-9-5-2-6-10-16)22-13-18-14-23-20(21-18)17-11-12-17;15-14(16)17-13(11-7-3-1-4-8-11)12-9-5-2-6-10-12;8-3-6-4-10-7(9-6)5-1-2-5;1-2;/h1-10,14,17,19H,11-13H2;1-10,13H,(H3,15,16);4-5H,1-3H2;2H,1H3;1H. The fourth-order valence-electron chi connectivity index (χ4n) is 5.33. The van der Waals surface area contributed by atoms with Gasteiger partial charge in [-0.05, 0) is 47.9 Å². The first kappa shape index (κ1) is 42.8. The highest BCUT2D eigenvalue weighted by molar-refractivity contribution is 8.93. The Hall–Kier alpha value is -2.96. The highest BCUT2D eigenvalue weighted by atomic mass is 79.9. The molecular formula is C42H46BrClN4OS4. The van der Waals surface area contributed by atoms with Crippen LogP contribution in [-0.4, -0.2) is 27.4 Å². The minimum absolute atomic E-state index is 0. The molecule has 2 aliphatic rings. The molecule has 0 unspecified atom stereocenters. The Morgan fingerprint density at radius 2 is 1.04 bits per heavy atom. The van der Waals surface area contributed by atoms with Crippen molar-refractivity contribution in [2.75, 3.05) is 7.11 Å². The average Bonchev–Trinajstić information content (AvgIpc) is 4.15. The first-order valence-electron chi connectivity index (χ1n) is 17.3. The van der Waals surface area contributed by atoms with Crippen LogP contribution in [0.1, 0.15) is 91.7 Å². The van der Waals surface area contributed by atoms with Crippen LogP contribution in [0.15, 0.2) is 132 Å². The molecule has 0 saturated heterocycles. The Morgan fingerprint density at radius 1 is 0.679 bits per heavy atom. The van der Waals surface area contributed by atoms with E-state index in [0.29, 0.717) is 11.1 Å². The van der Waals surface area contributed by atoms with Gasteiger partial charge < -0.3 is 10.8 Å². The molecule has 11 heteroatoms. The number of thioether (sulfide) groups is 2. The Bertz CT molecular complexity index is 1810. The van der Waals surface area contributed by atoms with Crippen LogP contribution in [0.25, 0.3) is 0 Å².